The number of para-hydroxylation sites is 1. The number of nitrogens with one attached hydrogen (secondary N) is 2. The van der Waals surface area contributed by atoms with Crippen LogP contribution < -0.4 is 10.6 Å². The minimum absolute atomic E-state index is 0.157. The van der Waals surface area contributed by atoms with Crippen LogP contribution in [0.1, 0.15) is 29.6 Å². The zero-order valence-corrected chi connectivity index (χ0v) is 17.1. The molecule has 3 heterocycles. The van der Waals surface area contributed by atoms with Gasteiger partial charge in [0.15, 0.2) is 5.76 Å². The van der Waals surface area contributed by atoms with Gasteiger partial charge in [-0.05, 0) is 37.1 Å². The number of fused-ring (bicyclic) bond motifs is 1. The van der Waals surface area contributed by atoms with Crippen molar-refractivity contribution in [2.45, 2.75) is 24.8 Å². The van der Waals surface area contributed by atoms with Gasteiger partial charge in [-0.25, -0.2) is 9.78 Å². The molecule has 1 aromatic carbocycles. The number of furan rings is 1. The van der Waals surface area contributed by atoms with Gasteiger partial charge in [0.1, 0.15) is 11.2 Å². The molecule has 1 spiro atoms. The molecule has 2 atom stereocenters. The first-order chi connectivity index (χ1) is 15.0. The van der Waals surface area contributed by atoms with Gasteiger partial charge in [0, 0.05) is 24.9 Å². The Kier molecular flexibility index (Phi) is 4.50. The number of hydrogen-bond donors (Lipinski definition) is 2. The van der Waals surface area contributed by atoms with E-state index < -0.39 is 5.54 Å². The summed E-state index contributed by atoms with van der Waals surface area (Å²) in [6.07, 6.45) is 3.73. The summed E-state index contributed by atoms with van der Waals surface area (Å²) in [5, 5.41) is 6.59. The molecule has 2 aromatic heterocycles. The monoisotopic (exact) mass is 418 g/mol. The van der Waals surface area contributed by atoms with Crippen molar-refractivity contribution < 1.29 is 18.8 Å². The molecule has 0 bridgehead atoms. The molecule has 0 unspecified atom stereocenters. The summed E-state index contributed by atoms with van der Waals surface area (Å²) in [5.74, 6) is -0.0466. The van der Waals surface area contributed by atoms with E-state index in [1.165, 1.54) is 7.05 Å². The fourth-order valence-corrected chi connectivity index (χ4v) is 4.74. The summed E-state index contributed by atoms with van der Waals surface area (Å²) >= 11 is 0. The Hall–Kier alpha value is -3.68. The second kappa shape index (κ2) is 7.23. The van der Waals surface area contributed by atoms with Crippen molar-refractivity contribution in [2.75, 3.05) is 13.6 Å². The minimum atomic E-state index is -0.918. The molecule has 1 aliphatic carbocycles. The van der Waals surface area contributed by atoms with E-state index in [-0.39, 0.29) is 23.8 Å². The third-order valence-corrected chi connectivity index (χ3v) is 6.38. The molecule has 5 rings (SSSR count). The van der Waals surface area contributed by atoms with Crippen molar-refractivity contribution in [3.05, 3.63) is 54.3 Å². The molecule has 2 aliphatic rings. The number of pyridine rings is 1. The topological polar surface area (TPSA) is 105 Å². The van der Waals surface area contributed by atoms with Crippen molar-refractivity contribution in [1.29, 1.82) is 0 Å². The normalized spacial score (nSPS) is 23.0. The van der Waals surface area contributed by atoms with Gasteiger partial charge in [-0.2, -0.15) is 0 Å². The number of likely N-dealkylation sites (N-methyl/N-ethyl adjacent to an activating group) is 1. The predicted octanol–water partition coefficient (Wildman–Crippen LogP) is 2.95. The van der Waals surface area contributed by atoms with Gasteiger partial charge < -0.3 is 15.1 Å². The van der Waals surface area contributed by atoms with Crippen LogP contribution in [-0.4, -0.2) is 46.9 Å². The molecular weight excluding hydrogens is 396 g/mol. The molecule has 0 radical (unpaired) electrons. The van der Waals surface area contributed by atoms with Crippen molar-refractivity contribution in [1.82, 2.24) is 20.5 Å². The molecule has 3 aromatic rings. The zero-order valence-electron chi connectivity index (χ0n) is 17.1. The van der Waals surface area contributed by atoms with Crippen molar-refractivity contribution in [3.63, 3.8) is 0 Å². The van der Waals surface area contributed by atoms with Crippen LogP contribution in [0.4, 0.5) is 4.79 Å². The van der Waals surface area contributed by atoms with E-state index >= 15 is 0 Å². The lowest BCUT2D eigenvalue weighted by atomic mass is 9.86. The lowest BCUT2D eigenvalue weighted by molar-refractivity contribution is -0.131. The highest BCUT2D eigenvalue weighted by atomic mass is 16.3. The molecule has 31 heavy (non-hydrogen) atoms. The zero-order chi connectivity index (χ0) is 21.6. The first kappa shape index (κ1) is 19.3. The summed E-state index contributed by atoms with van der Waals surface area (Å²) in [5.41, 5.74) is 0.839. The smallest absolute Gasteiger partial charge is 0.324 e. The van der Waals surface area contributed by atoms with Crippen LogP contribution in [-0.2, 0) is 4.79 Å². The van der Waals surface area contributed by atoms with Gasteiger partial charge in [-0.1, -0.05) is 24.6 Å². The number of carbonyl (C=O) groups is 3. The lowest BCUT2D eigenvalue weighted by Gasteiger charge is -2.28. The fraction of sp³-hybridized carbons (Fsp3) is 0.304. The number of hydrogen-bond acceptors (Lipinski definition) is 5. The number of rotatable bonds is 4. The van der Waals surface area contributed by atoms with E-state index in [0.29, 0.717) is 35.5 Å². The average Bonchev–Trinajstić information content (AvgIpc) is 3.50. The van der Waals surface area contributed by atoms with Gasteiger partial charge in [-0.3, -0.25) is 14.5 Å². The van der Waals surface area contributed by atoms with Crippen molar-refractivity contribution in [3.8, 4) is 11.5 Å². The second-order valence-corrected chi connectivity index (χ2v) is 8.11. The van der Waals surface area contributed by atoms with Crippen molar-refractivity contribution in [2.24, 2.45) is 5.92 Å². The first-order valence-electron chi connectivity index (χ1n) is 10.3. The summed E-state index contributed by atoms with van der Waals surface area (Å²) in [7, 11) is 1.49. The van der Waals surface area contributed by atoms with Crippen LogP contribution in [0.3, 0.4) is 0 Å². The Balaban J connectivity index is 1.42. The van der Waals surface area contributed by atoms with Crippen LogP contribution in [0, 0.1) is 5.92 Å². The van der Waals surface area contributed by atoms with E-state index in [1.807, 2.05) is 24.3 Å². The number of urea groups is 1. The van der Waals surface area contributed by atoms with Crippen LogP contribution >= 0.6 is 0 Å². The second-order valence-electron chi connectivity index (χ2n) is 8.11. The number of carbonyl (C=O) groups excluding carboxylic acids is 3. The summed E-state index contributed by atoms with van der Waals surface area (Å²) in [6.45, 7) is 0.297. The Morgan fingerprint density at radius 3 is 2.87 bits per heavy atom. The standard InChI is InChI=1S/C23H22N4O4/c1-27-21(29)23(26-22(27)30)10-4-6-14(23)13-24-20(28)16-12-18(19-9-5-11-31-19)25-17-8-3-2-7-15(16)17/h2-3,5,7-9,11-12,14H,4,6,10,13H2,1H3,(H,24,28)(H,26,30)/t14-,23-/m1/s1. The number of aromatic nitrogens is 1. The highest BCUT2D eigenvalue weighted by Gasteiger charge is 2.56. The molecule has 8 nitrogen and oxygen atoms in total. The maximum absolute atomic E-state index is 13.2. The third-order valence-electron chi connectivity index (χ3n) is 6.38. The molecule has 1 saturated carbocycles. The Bertz CT molecular complexity index is 1190. The Morgan fingerprint density at radius 1 is 1.29 bits per heavy atom. The van der Waals surface area contributed by atoms with Crippen LogP contribution in [0.25, 0.3) is 22.4 Å². The number of benzene rings is 1. The molecule has 4 amide bonds. The molecule has 8 heteroatoms. The molecule has 158 valence electrons. The summed E-state index contributed by atoms with van der Waals surface area (Å²) in [4.78, 5) is 43.7. The lowest BCUT2D eigenvalue weighted by Crippen LogP contribution is -2.53. The molecule has 1 aliphatic heterocycles. The number of imide groups is 1. The molecule has 1 saturated heterocycles. The molecule has 2 fully saturated rings. The summed E-state index contributed by atoms with van der Waals surface area (Å²) < 4.78 is 5.46. The molecular formula is C23H22N4O4. The van der Waals surface area contributed by atoms with Gasteiger partial charge in [0.05, 0.1) is 17.3 Å². The predicted molar refractivity (Wildman–Crippen MR) is 113 cm³/mol. The summed E-state index contributed by atoms with van der Waals surface area (Å²) in [6, 6.07) is 12.4. The van der Waals surface area contributed by atoms with E-state index in [0.717, 1.165) is 23.1 Å². The largest absolute Gasteiger partial charge is 0.463 e. The molecule has 2 N–H and O–H groups in total. The quantitative estimate of drug-likeness (QED) is 0.634. The van der Waals surface area contributed by atoms with Gasteiger partial charge in [-0.15, -0.1) is 0 Å². The number of amides is 4. The third kappa shape index (κ3) is 3.06. The average molecular weight is 418 g/mol. The first-order valence-corrected chi connectivity index (χ1v) is 10.3. The van der Waals surface area contributed by atoms with E-state index in [9.17, 15) is 14.4 Å². The van der Waals surface area contributed by atoms with Crippen molar-refractivity contribution >= 4 is 28.7 Å². The highest BCUT2D eigenvalue weighted by Crippen LogP contribution is 2.39. The Morgan fingerprint density at radius 2 is 2.13 bits per heavy atom. The van der Waals surface area contributed by atoms with Gasteiger partial charge >= 0.3 is 6.03 Å². The minimum Gasteiger partial charge on any atom is -0.463 e. The van der Waals surface area contributed by atoms with Crippen LogP contribution in [0.2, 0.25) is 0 Å². The number of nitrogens with zero attached hydrogens (tertiary/aromatic N) is 2. The van der Waals surface area contributed by atoms with Gasteiger partial charge in [0.25, 0.3) is 11.8 Å². The maximum atomic E-state index is 13.2. The fourth-order valence-electron chi connectivity index (χ4n) is 4.74. The maximum Gasteiger partial charge on any atom is 0.324 e. The van der Waals surface area contributed by atoms with Gasteiger partial charge in [0.2, 0.25) is 0 Å². The Labute approximate surface area is 178 Å². The van der Waals surface area contributed by atoms with Crippen LogP contribution in [0.15, 0.2) is 53.1 Å². The van der Waals surface area contributed by atoms with E-state index in [4.69, 9.17) is 4.42 Å². The SMILES string of the molecule is CN1C(=O)N[C@@]2(CCC[C@@H]2CNC(=O)c2cc(-c3ccco3)nc3ccccc23)C1=O. The van der Waals surface area contributed by atoms with Crippen LogP contribution in [0.5, 0.6) is 0 Å². The van der Waals surface area contributed by atoms with E-state index in [1.54, 1.807) is 24.5 Å². The highest BCUT2D eigenvalue weighted by molar-refractivity contribution is 6.08. The van der Waals surface area contributed by atoms with E-state index in [2.05, 4.69) is 15.6 Å².